The number of amides is 1. The highest BCUT2D eigenvalue weighted by Crippen LogP contribution is 2.28. The van der Waals surface area contributed by atoms with E-state index in [4.69, 9.17) is 9.15 Å². The van der Waals surface area contributed by atoms with Crippen LogP contribution in [0.25, 0.3) is 11.0 Å². The predicted molar refractivity (Wildman–Crippen MR) is 95.0 cm³/mol. The van der Waals surface area contributed by atoms with Gasteiger partial charge < -0.3 is 14.5 Å². The number of carbonyl (C=O) groups excluding carboxylic acids is 1. The van der Waals surface area contributed by atoms with Gasteiger partial charge in [0.15, 0.2) is 0 Å². The number of nitrogens with one attached hydrogen (secondary N) is 1. The summed E-state index contributed by atoms with van der Waals surface area (Å²) in [6.07, 6.45) is 4.06. The molecule has 6 heteroatoms. The molecule has 0 saturated carbocycles. The van der Waals surface area contributed by atoms with Crippen molar-refractivity contribution in [2.75, 3.05) is 12.4 Å². The summed E-state index contributed by atoms with van der Waals surface area (Å²) in [5.74, 6) is 0.502. The van der Waals surface area contributed by atoms with Crippen molar-refractivity contribution in [2.45, 2.75) is 19.8 Å². The molecular weight excluding hydrogens is 320 g/mol. The van der Waals surface area contributed by atoms with Gasteiger partial charge >= 0.3 is 5.63 Å². The van der Waals surface area contributed by atoms with Crippen LogP contribution in [0.3, 0.4) is 0 Å². The van der Waals surface area contributed by atoms with Crippen LogP contribution >= 0.6 is 0 Å². The van der Waals surface area contributed by atoms with Crippen LogP contribution < -0.4 is 15.7 Å². The van der Waals surface area contributed by atoms with Gasteiger partial charge in [-0.1, -0.05) is 0 Å². The fourth-order valence-corrected chi connectivity index (χ4v) is 2.68. The molecule has 3 rings (SSSR count). The second-order valence-corrected chi connectivity index (χ2v) is 5.69. The zero-order valence-electron chi connectivity index (χ0n) is 14.0. The van der Waals surface area contributed by atoms with Crippen molar-refractivity contribution < 1.29 is 13.9 Å². The van der Waals surface area contributed by atoms with Gasteiger partial charge in [0.1, 0.15) is 11.3 Å². The molecule has 0 aliphatic carbocycles. The van der Waals surface area contributed by atoms with Gasteiger partial charge in [0.05, 0.1) is 7.11 Å². The molecule has 1 N–H and O–H groups in total. The van der Waals surface area contributed by atoms with Crippen LogP contribution in [0.5, 0.6) is 5.75 Å². The lowest BCUT2D eigenvalue weighted by molar-refractivity contribution is -0.116. The molecule has 0 unspecified atom stereocenters. The standard InChI is InChI=1S/C19H18N2O4/c1-12-9-19(23)25-17-11-16(24-2)13(10-15(12)17)3-4-18(22)21-14-5-7-20-8-6-14/h5-11H,3-4H2,1-2H3,(H,20,21,22). The molecule has 0 aliphatic heterocycles. The Bertz CT molecular complexity index is 964. The third kappa shape index (κ3) is 3.85. The minimum Gasteiger partial charge on any atom is -0.496 e. The van der Waals surface area contributed by atoms with Gasteiger partial charge in [0.25, 0.3) is 0 Å². The number of nitrogens with zero attached hydrogens (tertiary/aromatic N) is 1. The summed E-state index contributed by atoms with van der Waals surface area (Å²) >= 11 is 0. The third-order valence-corrected chi connectivity index (χ3v) is 3.94. The zero-order chi connectivity index (χ0) is 17.8. The van der Waals surface area contributed by atoms with Gasteiger partial charge in [-0.15, -0.1) is 0 Å². The number of aromatic nitrogens is 1. The number of hydrogen-bond acceptors (Lipinski definition) is 5. The van der Waals surface area contributed by atoms with Crippen molar-refractivity contribution in [3.63, 3.8) is 0 Å². The highest BCUT2D eigenvalue weighted by atomic mass is 16.5. The summed E-state index contributed by atoms with van der Waals surface area (Å²) in [5, 5.41) is 3.66. The molecule has 6 nitrogen and oxygen atoms in total. The maximum atomic E-state index is 12.1. The Morgan fingerprint density at radius 2 is 2.00 bits per heavy atom. The van der Waals surface area contributed by atoms with Crippen molar-refractivity contribution in [2.24, 2.45) is 0 Å². The number of rotatable bonds is 5. The summed E-state index contributed by atoms with van der Waals surface area (Å²) in [7, 11) is 1.55. The molecule has 1 amide bonds. The lowest BCUT2D eigenvalue weighted by Crippen LogP contribution is -2.12. The first-order valence-electron chi connectivity index (χ1n) is 7.88. The second kappa shape index (κ2) is 7.17. The average molecular weight is 338 g/mol. The minimum absolute atomic E-state index is 0.0929. The quantitative estimate of drug-likeness (QED) is 0.723. The molecule has 0 bridgehead atoms. The Balaban J connectivity index is 1.80. The van der Waals surface area contributed by atoms with Gasteiger partial charge in [-0.05, 0) is 42.7 Å². The molecule has 3 aromatic rings. The van der Waals surface area contributed by atoms with Crippen LogP contribution in [-0.2, 0) is 11.2 Å². The first-order valence-corrected chi connectivity index (χ1v) is 7.88. The maximum Gasteiger partial charge on any atom is 0.336 e. The highest BCUT2D eigenvalue weighted by Gasteiger charge is 2.12. The lowest BCUT2D eigenvalue weighted by atomic mass is 10.0. The number of benzene rings is 1. The third-order valence-electron chi connectivity index (χ3n) is 3.94. The lowest BCUT2D eigenvalue weighted by Gasteiger charge is -2.11. The highest BCUT2D eigenvalue weighted by molar-refractivity contribution is 5.91. The average Bonchev–Trinajstić information content (AvgIpc) is 2.60. The topological polar surface area (TPSA) is 81.4 Å². The van der Waals surface area contributed by atoms with E-state index in [1.165, 1.54) is 6.07 Å². The van der Waals surface area contributed by atoms with E-state index in [1.54, 1.807) is 37.7 Å². The first-order chi connectivity index (χ1) is 12.1. The summed E-state index contributed by atoms with van der Waals surface area (Å²) in [5.41, 5.74) is 2.51. The van der Waals surface area contributed by atoms with E-state index >= 15 is 0 Å². The van der Waals surface area contributed by atoms with E-state index in [9.17, 15) is 9.59 Å². The number of aryl methyl sites for hydroxylation is 2. The van der Waals surface area contributed by atoms with E-state index in [0.29, 0.717) is 29.9 Å². The zero-order valence-corrected chi connectivity index (χ0v) is 14.0. The molecule has 2 aromatic heterocycles. The minimum atomic E-state index is -0.392. The molecule has 2 heterocycles. The van der Waals surface area contributed by atoms with Crippen LogP contribution in [0.15, 0.2) is 51.9 Å². The largest absolute Gasteiger partial charge is 0.496 e. The molecule has 1 aromatic carbocycles. The number of methoxy groups -OCH3 is 1. The van der Waals surface area contributed by atoms with E-state index in [2.05, 4.69) is 10.3 Å². The Hall–Kier alpha value is -3.15. The van der Waals surface area contributed by atoms with E-state index in [1.807, 2.05) is 13.0 Å². The van der Waals surface area contributed by atoms with Crippen LogP contribution in [0.2, 0.25) is 0 Å². The molecular formula is C19H18N2O4. The van der Waals surface area contributed by atoms with Gasteiger partial charge in [-0.2, -0.15) is 0 Å². The summed E-state index contributed by atoms with van der Waals surface area (Å²) in [6, 6.07) is 8.53. The Labute approximate surface area is 144 Å². The molecule has 0 saturated heterocycles. The summed E-state index contributed by atoms with van der Waals surface area (Å²) in [6.45, 7) is 1.85. The Morgan fingerprint density at radius 3 is 2.72 bits per heavy atom. The van der Waals surface area contributed by atoms with Crippen molar-refractivity contribution in [1.29, 1.82) is 0 Å². The number of carbonyl (C=O) groups is 1. The maximum absolute atomic E-state index is 12.1. The number of anilines is 1. The monoisotopic (exact) mass is 338 g/mol. The normalized spacial score (nSPS) is 10.6. The van der Waals surface area contributed by atoms with Gasteiger partial charge in [-0.25, -0.2) is 4.79 Å². The van der Waals surface area contributed by atoms with Gasteiger partial charge in [-0.3, -0.25) is 9.78 Å². The summed E-state index contributed by atoms with van der Waals surface area (Å²) in [4.78, 5) is 27.6. The SMILES string of the molecule is COc1cc2oc(=O)cc(C)c2cc1CCC(=O)Nc1ccncc1. The van der Waals surface area contributed by atoms with Crippen molar-refractivity contribution in [3.8, 4) is 5.75 Å². The van der Waals surface area contributed by atoms with Gasteiger partial charge in [0, 0.05) is 42.0 Å². The molecule has 0 atom stereocenters. The molecule has 128 valence electrons. The number of fused-ring (bicyclic) bond motifs is 1. The van der Waals surface area contributed by atoms with Crippen molar-refractivity contribution >= 4 is 22.6 Å². The van der Waals surface area contributed by atoms with Crippen molar-refractivity contribution in [3.05, 3.63) is 64.3 Å². The molecule has 0 fully saturated rings. The molecule has 25 heavy (non-hydrogen) atoms. The number of pyridine rings is 1. The first kappa shape index (κ1) is 16.7. The molecule has 0 spiro atoms. The molecule has 0 radical (unpaired) electrons. The van der Waals surface area contributed by atoms with Crippen LogP contribution in [0.1, 0.15) is 17.5 Å². The predicted octanol–water partition coefficient (Wildman–Crippen LogP) is 3.08. The van der Waals surface area contributed by atoms with E-state index in [0.717, 1.165) is 16.5 Å². The number of hydrogen-bond donors (Lipinski definition) is 1. The van der Waals surface area contributed by atoms with Crippen LogP contribution in [-0.4, -0.2) is 18.0 Å². The summed E-state index contributed by atoms with van der Waals surface area (Å²) < 4.78 is 10.6. The fourth-order valence-electron chi connectivity index (χ4n) is 2.68. The van der Waals surface area contributed by atoms with Gasteiger partial charge in [0.2, 0.25) is 5.91 Å². The van der Waals surface area contributed by atoms with Crippen LogP contribution in [0.4, 0.5) is 5.69 Å². The fraction of sp³-hybridized carbons (Fsp3) is 0.211. The van der Waals surface area contributed by atoms with Crippen LogP contribution in [0, 0.1) is 6.92 Å². The Kier molecular flexibility index (Phi) is 4.79. The number of ether oxygens (including phenoxy) is 1. The smallest absolute Gasteiger partial charge is 0.336 e. The molecule has 0 aliphatic rings. The van der Waals surface area contributed by atoms with E-state index < -0.39 is 5.63 Å². The van der Waals surface area contributed by atoms with E-state index in [-0.39, 0.29) is 5.91 Å². The van der Waals surface area contributed by atoms with Crippen molar-refractivity contribution in [1.82, 2.24) is 4.98 Å². The Morgan fingerprint density at radius 1 is 1.24 bits per heavy atom. The second-order valence-electron chi connectivity index (χ2n) is 5.69.